The molecule has 0 aliphatic rings. The second-order valence-electron chi connectivity index (χ2n) is 6.34. The Morgan fingerprint density at radius 3 is 2.36 bits per heavy atom. The summed E-state index contributed by atoms with van der Waals surface area (Å²) >= 11 is 0. The van der Waals surface area contributed by atoms with Crippen LogP contribution >= 0.6 is 12.4 Å². The van der Waals surface area contributed by atoms with Crippen molar-refractivity contribution in [3.63, 3.8) is 0 Å². The predicted molar refractivity (Wildman–Crippen MR) is 117 cm³/mol. The molecule has 0 aliphatic heterocycles. The van der Waals surface area contributed by atoms with Crippen molar-refractivity contribution in [2.45, 2.75) is 11.1 Å². The maximum atomic E-state index is 12.7. The molecule has 0 saturated heterocycles. The van der Waals surface area contributed by atoms with Crippen molar-refractivity contribution in [2.75, 3.05) is 33.2 Å². The molecular weight excluding hydrogens is 489 g/mol. The molecule has 14 heteroatoms. The first kappa shape index (κ1) is 26.2. The van der Waals surface area contributed by atoms with Crippen LogP contribution in [0.4, 0.5) is 24.7 Å². The third-order valence-corrected chi connectivity index (χ3v) is 5.72. The molecular formula is C19H20ClF3N4O5S. The largest absolute Gasteiger partial charge is 0.497 e. The van der Waals surface area contributed by atoms with Gasteiger partial charge in [-0.1, -0.05) is 0 Å². The molecule has 9 nitrogen and oxygen atoms in total. The van der Waals surface area contributed by atoms with Crippen LogP contribution in [0.15, 0.2) is 41.6 Å². The molecule has 0 radical (unpaired) electrons. The van der Waals surface area contributed by atoms with Crippen molar-refractivity contribution in [1.29, 1.82) is 0 Å². The summed E-state index contributed by atoms with van der Waals surface area (Å²) in [6, 6.07) is 6.60. The predicted octanol–water partition coefficient (Wildman–Crippen LogP) is 3.66. The summed E-state index contributed by atoms with van der Waals surface area (Å²) < 4.78 is 80.1. The fraction of sp³-hybridized carbons (Fsp3) is 0.263. The molecule has 0 spiro atoms. The quantitative estimate of drug-likeness (QED) is 0.474. The molecule has 2 aromatic carbocycles. The van der Waals surface area contributed by atoms with Crippen LogP contribution in [0.5, 0.6) is 17.2 Å². The molecule has 3 aromatic rings. The average Bonchev–Trinajstić information content (AvgIpc) is 2.76. The van der Waals surface area contributed by atoms with Crippen molar-refractivity contribution in [1.82, 2.24) is 14.7 Å². The number of fused-ring (bicyclic) bond motifs is 1. The number of benzene rings is 2. The average molecular weight is 509 g/mol. The lowest BCUT2D eigenvalue weighted by atomic mass is 10.2. The molecule has 0 fully saturated rings. The Balaban J connectivity index is 0.00000385. The third-order valence-electron chi connectivity index (χ3n) is 4.31. The van der Waals surface area contributed by atoms with Gasteiger partial charge in [0.1, 0.15) is 29.4 Å². The molecule has 0 saturated carbocycles. The molecule has 2 N–H and O–H groups in total. The van der Waals surface area contributed by atoms with E-state index < -0.39 is 22.8 Å². The molecule has 0 aliphatic carbocycles. The Kier molecular flexibility index (Phi) is 8.16. The molecule has 180 valence electrons. The van der Waals surface area contributed by atoms with Gasteiger partial charge in [-0.15, -0.1) is 12.4 Å². The first-order chi connectivity index (χ1) is 15.1. The van der Waals surface area contributed by atoms with Crippen LogP contribution in [0, 0.1) is 0 Å². The van der Waals surface area contributed by atoms with Crippen LogP contribution in [-0.4, -0.2) is 52.4 Å². The van der Waals surface area contributed by atoms with Crippen LogP contribution in [0.3, 0.4) is 0 Å². The monoisotopic (exact) mass is 508 g/mol. The first-order valence-corrected chi connectivity index (χ1v) is 10.5. The number of anilines is 2. The van der Waals surface area contributed by atoms with Crippen LogP contribution in [0.2, 0.25) is 0 Å². The molecule has 3 rings (SSSR count). The smallest absolute Gasteiger partial charge is 0.422 e. The van der Waals surface area contributed by atoms with E-state index in [0.717, 1.165) is 18.2 Å². The highest BCUT2D eigenvalue weighted by molar-refractivity contribution is 7.89. The van der Waals surface area contributed by atoms with E-state index in [2.05, 4.69) is 20.0 Å². The zero-order chi connectivity index (χ0) is 23.5. The summed E-state index contributed by atoms with van der Waals surface area (Å²) in [5.41, 5.74) is 0.374. The van der Waals surface area contributed by atoms with E-state index in [1.165, 1.54) is 27.6 Å². The van der Waals surface area contributed by atoms with Gasteiger partial charge in [-0.2, -0.15) is 13.2 Å². The lowest BCUT2D eigenvalue weighted by Crippen LogP contribution is -2.20. The zero-order valence-corrected chi connectivity index (χ0v) is 19.2. The van der Waals surface area contributed by atoms with Gasteiger partial charge in [0.2, 0.25) is 10.0 Å². The van der Waals surface area contributed by atoms with Gasteiger partial charge in [-0.05, 0) is 25.2 Å². The summed E-state index contributed by atoms with van der Waals surface area (Å²) in [7, 11) is 0.227. The van der Waals surface area contributed by atoms with Gasteiger partial charge in [0.05, 0.1) is 35.7 Å². The summed E-state index contributed by atoms with van der Waals surface area (Å²) in [6.45, 7) is -1.56. The van der Waals surface area contributed by atoms with Gasteiger partial charge in [0.25, 0.3) is 0 Å². The SMILES string of the molecule is CNS(=O)(=O)c1ccc(OCC(F)(F)F)c(Nc2ncnc3cc(OC)cc(OC)c23)c1.Cl. The minimum atomic E-state index is -4.59. The maximum absolute atomic E-state index is 12.7. The molecule has 0 unspecified atom stereocenters. The van der Waals surface area contributed by atoms with Gasteiger partial charge in [-0.25, -0.2) is 23.1 Å². The Morgan fingerprint density at radius 1 is 1.03 bits per heavy atom. The number of alkyl halides is 3. The molecule has 0 atom stereocenters. The molecule has 1 aromatic heterocycles. The Morgan fingerprint density at radius 2 is 1.76 bits per heavy atom. The number of aromatic nitrogens is 2. The number of hydrogen-bond donors (Lipinski definition) is 2. The zero-order valence-electron chi connectivity index (χ0n) is 17.6. The summed E-state index contributed by atoms with van der Waals surface area (Å²) in [5, 5.41) is 3.25. The minimum Gasteiger partial charge on any atom is -0.497 e. The lowest BCUT2D eigenvalue weighted by molar-refractivity contribution is -0.153. The van der Waals surface area contributed by atoms with E-state index in [9.17, 15) is 21.6 Å². The molecule has 0 bridgehead atoms. The highest BCUT2D eigenvalue weighted by Crippen LogP contribution is 2.37. The number of methoxy groups -OCH3 is 2. The number of nitrogens with one attached hydrogen (secondary N) is 2. The van der Waals surface area contributed by atoms with Crippen molar-refractivity contribution in [3.05, 3.63) is 36.7 Å². The Labute approximate surface area is 193 Å². The second kappa shape index (κ2) is 10.3. The minimum absolute atomic E-state index is 0. The van der Waals surface area contributed by atoms with E-state index in [0.29, 0.717) is 22.4 Å². The van der Waals surface area contributed by atoms with Crippen LogP contribution in [0.25, 0.3) is 10.9 Å². The number of ether oxygens (including phenoxy) is 3. The van der Waals surface area contributed by atoms with Gasteiger partial charge >= 0.3 is 6.18 Å². The number of sulfonamides is 1. The summed E-state index contributed by atoms with van der Waals surface area (Å²) in [6.07, 6.45) is -3.36. The van der Waals surface area contributed by atoms with Crippen molar-refractivity contribution in [3.8, 4) is 17.2 Å². The van der Waals surface area contributed by atoms with Crippen LogP contribution in [-0.2, 0) is 10.0 Å². The second-order valence-corrected chi connectivity index (χ2v) is 8.23. The van der Waals surface area contributed by atoms with Crippen molar-refractivity contribution >= 4 is 44.8 Å². The maximum Gasteiger partial charge on any atom is 0.422 e. The van der Waals surface area contributed by atoms with Crippen LogP contribution < -0.4 is 24.2 Å². The van der Waals surface area contributed by atoms with Gasteiger partial charge in [-0.3, -0.25) is 0 Å². The number of rotatable bonds is 8. The van der Waals surface area contributed by atoms with Crippen LogP contribution in [0.1, 0.15) is 0 Å². The normalized spacial score (nSPS) is 11.6. The fourth-order valence-corrected chi connectivity index (χ4v) is 3.56. The van der Waals surface area contributed by atoms with E-state index in [4.69, 9.17) is 14.2 Å². The molecule has 1 heterocycles. The van der Waals surface area contributed by atoms with E-state index in [-0.39, 0.29) is 34.6 Å². The highest BCUT2D eigenvalue weighted by atomic mass is 35.5. The topological polar surface area (TPSA) is 112 Å². The van der Waals surface area contributed by atoms with Crippen molar-refractivity contribution < 1.29 is 35.8 Å². The van der Waals surface area contributed by atoms with Crippen molar-refractivity contribution in [2.24, 2.45) is 0 Å². The summed E-state index contributed by atoms with van der Waals surface area (Å²) in [5.74, 6) is 0.733. The first-order valence-electron chi connectivity index (χ1n) is 8.99. The van der Waals surface area contributed by atoms with Gasteiger partial charge < -0.3 is 19.5 Å². The fourth-order valence-electron chi connectivity index (χ4n) is 2.81. The number of halogens is 4. The molecule has 0 amide bonds. The lowest BCUT2D eigenvalue weighted by Gasteiger charge is -2.17. The molecule has 33 heavy (non-hydrogen) atoms. The van der Waals surface area contributed by atoms with E-state index in [1.807, 2.05) is 0 Å². The highest BCUT2D eigenvalue weighted by Gasteiger charge is 2.29. The van der Waals surface area contributed by atoms with E-state index in [1.54, 1.807) is 12.1 Å². The third kappa shape index (κ3) is 6.06. The number of nitrogens with zero attached hydrogens (tertiary/aromatic N) is 2. The van der Waals surface area contributed by atoms with E-state index >= 15 is 0 Å². The Bertz CT molecular complexity index is 1240. The van der Waals surface area contributed by atoms with Gasteiger partial charge in [0, 0.05) is 12.1 Å². The Hall–Kier alpha value is -3.03. The standard InChI is InChI=1S/C19H19F3N4O5S.ClH/c1-23-32(27,28)12-4-5-15(31-9-19(20,21)22)13(8-12)26-18-17-14(24-10-25-18)6-11(29-2)7-16(17)30-3;/h4-8,10,23H,9H2,1-3H3,(H,24,25,26);1H. The summed E-state index contributed by atoms with van der Waals surface area (Å²) in [4.78, 5) is 8.12. The van der Waals surface area contributed by atoms with Gasteiger partial charge in [0.15, 0.2) is 6.61 Å². The number of hydrogen-bond acceptors (Lipinski definition) is 8.